The number of anilines is 3. The lowest BCUT2D eigenvalue weighted by molar-refractivity contribution is -0.115. The second-order valence-electron chi connectivity index (χ2n) is 7.05. The number of rotatable bonds is 7. The number of hydrogen-bond donors (Lipinski definition) is 3. The molecule has 0 aliphatic rings. The fraction of sp³-hybridized carbons (Fsp3) is 0.136. The molecule has 0 atom stereocenters. The molecular formula is C22H20FN7OS. The van der Waals surface area contributed by atoms with Crippen molar-refractivity contribution in [3.8, 4) is 0 Å². The van der Waals surface area contributed by atoms with Crippen LogP contribution in [0.4, 0.5) is 21.8 Å². The summed E-state index contributed by atoms with van der Waals surface area (Å²) in [7, 11) is 0. The maximum atomic E-state index is 13.3. The van der Waals surface area contributed by atoms with Crippen molar-refractivity contribution in [1.82, 2.24) is 25.1 Å². The van der Waals surface area contributed by atoms with Gasteiger partial charge in [0.2, 0.25) is 11.9 Å². The molecule has 3 N–H and O–H groups in total. The smallest absolute Gasteiger partial charge is 0.232 e. The van der Waals surface area contributed by atoms with Crippen LogP contribution in [0.1, 0.15) is 17.1 Å². The zero-order chi connectivity index (χ0) is 22.5. The highest BCUT2D eigenvalue weighted by atomic mass is 32.2. The molecule has 0 aliphatic carbocycles. The molecule has 162 valence electrons. The topological polar surface area (TPSA) is 108 Å². The number of aromatic nitrogens is 5. The van der Waals surface area contributed by atoms with E-state index >= 15 is 0 Å². The van der Waals surface area contributed by atoms with E-state index in [1.54, 1.807) is 19.1 Å². The van der Waals surface area contributed by atoms with Gasteiger partial charge in [-0.15, -0.1) is 0 Å². The summed E-state index contributed by atoms with van der Waals surface area (Å²) in [6.07, 6.45) is 0.0515. The molecule has 2 aromatic heterocycles. The first-order chi connectivity index (χ1) is 15.4. The van der Waals surface area contributed by atoms with Gasteiger partial charge in [0.05, 0.1) is 6.42 Å². The van der Waals surface area contributed by atoms with Gasteiger partial charge in [-0.3, -0.25) is 9.89 Å². The number of hydrogen-bond acceptors (Lipinski definition) is 7. The van der Waals surface area contributed by atoms with E-state index in [9.17, 15) is 9.18 Å². The minimum atomic E-state index is -0.414. The third-order valence-corrected chi connectivity index (χ3v) is 5.11. The summed E-state index contributed by atoms with van der Waals surface area (Å²) >= 11 is 1.45. The van der Waals surface area contributed by atoms with Gasteiger partial charge in [-0.2, -0.15) is 15.1 Å². The Kier molecular flexibility index (Phi) is 6.41. The lowest BCUT2D eigenvalue weighted by atomic mass is 10.2. The van der Waals surface area contributed by atoms with Crippen molar-refractivity contribution in [2.75, 3.05) is 10.6 Å². The van der Waals surface area contributed by atoms with Crippen molar-refractivity contribution in [1.29, 1.82) is 0 Å². The molecule has 0 saturated carbocycles. The number of halogens is 1. The van der Waals surface area contributed by atoms with Crippen molar-refractivity contribution in [2.45, 2.75) is 30.3 Å². The van der Waals surface area contributed by atoms with Crippen molar-refractivity contribution < 1.29 is 9.18 Å². The second-order valence-corrected chi connectivity index (χ2v) is 8.09. The predicted molar refractivity (Wildman–Crippen MR) is 120 cm³/mol. The van der Waals surface area contributed by atoms with E-state index < -0.39 is 5.82 Å². The zero-order valence-electron chi connectivity index (χ0n) is 17.4. The predicted octanol–water partition coefficient (Wildman–Crippen LogP) is 4.43. The first kappa shape index (κ1) is 21.4. The van der Waals surface area contributed by atoms with Gasteiger partial charge in [0.15, 0.2) is 11.0 Å². The Hall–Kier alpha value is -3.79. The molecule has 0 unspecified atom stereocenters. The lowest BCUT2D eigenvalue weighted by Crippen LogP contribution is -2.14. The van der Waals surface area contributed by atoms with E-state index in [-0.39, 0.29) is 12.3 Å². The third-order valence-electron chi connectivity index (χ3n) is 4.26. The number of nitrogens with one attached hydrogen (secondary N) is 3. The molecule has 0 fully saturated rings. The molecule has 4 aromatic rings. The van der Waals surface area contributed by atoms with Crippen molar-refractivity contribution in [3.63, 3.8) is 0 Å². The molecule has 2 heterocycles. The summed E-state index contributed by atoms with van der Waals surface area (Å²) < 4.78 is 13.3. The minimum Gasteiger partial charge on any atom is -0.326 e. The SMILES string of the molecule is Cc1cccc(Sc2nc(C)nc(Nc3cc(CC(=O)Nc4cccc(F)c4)[nH]n3)n2)c1. The number of nitrogens with zero attached hydrogens (tertiary/aromatic N) is 4. The van der Waals surface area contributed by atoms with Crippen LogP contribution in [0.25, 0.3) is 0 Å². The van der Waals surface area contributed by atoms with Crippen LogP contribution in [-0.2, 0) is 11.2 Å². The van der Waals surface area contributed by atoms with Gasteiger partial charge in [-0.25, -0.2) is 9.37 Å². The molecule has 0 spiro atoms. The quantitative estimate of drug-likeness (QED) is 0.383. The second kappa shape index (κ2) is 9.56. The van der Waals surface area contributed by atoms with Crippen molar-refractivity contribution >= 4 is 35.1 Å². The van der Waals surface area contributed by atoms with E-state index in [2.05, 4.69) is 41.8 Å². The van der Waals surface area contributed by atoms with Crippen LogP contribution in [0.5, 0.6) is 0 Å². The number of benzene rings is 2. The van der Waals surface area contributed by atoms with Gasteiger partial charge >= 0.3 is 0 Å². The van der Waals surface area contributed by atoms with Crippen LogP contribution in [0.15, 0.2) is 64.6 Å². The molecule has 0 aliphatic heterocycles. The highest BCUT2D eigenvalue weighted by Crippen LogP contribution is 2.26. The van der Waals surface area contributed by atoms with Crippen LogP contribution >= 0.6 is 11.8 Å². The highest BCUT2D eigenvalue weighted by molar-refractivity contribution is 7.99. The van der Waals surface area contributed by atoms with Gasteiger partial charge in [0.25, 0.3) is 0 Å². The molecule has 0 saturated heterocycles. The van der Waals surface area contributed by atoms with Crippen LogP contribution in [-0.4, -0.2) is 31.1 Å². The maximum Gasteiger partial charge on any atom is 0.232 e. The standard InChI is InChI=1S/C22H20FN7OS/c1-13-5-3-8-18(9-13)32-22-25-14(2)24-21(28-22)27-19-11-17(29-30-19)12-20(31)26-16-7-4-6-15(23)10-16/h3-11H,12H2,1-2H3,(H,26,31)(H2,24,25,27,28,29,30). The number of aryl methyl sites for hydroxylation is 2. The number of H-pyrrole nitrogens is 1. The van der Waals surface area contributed by atoms with E-state index in [1.165, 1.54) is 30.0 Å². The van der Waals surface area contributed by atoms with Crippen molar-refractivity contribution in [3.05, 3.63) is 77.5 Å². The fourth-order valence-electron chi connectivity index (χ4n) is 2.92. The summed E-state index contributed by atoms with van der Waals surface area (Å²) in [5.41, 5.74) is 2.14. The molecule has 0 radical (unpaired) electrons. The Labute approximate surface area is 188 Å². The summed E-state index contributed by atoms with van der Waals surface area (Å²) in [6, 6.07) is 15.5. The van der Waals surface area contributed by atoms with Crippen LogP contribution in [0.3, 0.4) is 0 Å². The van der Waals surface area contributed by atoms with Gasteiger partial charge in [0, 0.05) is 22.3 Å². The summed E-state index contributed by atoms with van der Waals surface area (Å²) in [5, 5.41) is 13.2. The number of carbonyl (C=O) groups excluding carboxylic acids is 1. The Morgan fingerprint density at radius 1 is 1.06 bits per heavy atom. The van der Waals surface area contributed by atoms with E-state index in [4.69, 9.17) is 0 Å². The Bertz CT molecular complexity index is 1260. The molecule has 10 heteroatoms. The minimum absolute atomic E-state index is 0.0515. The Balaban J connectivity index is 1.40. The van der Waals surface area contributed by atoms with Crippen LogP contribution in [0, 0.1) is 19.7 Å². The van der Waals surface area contributed by atoms with E-state index in [1.807, 2.05) is 25.1 Å². The van der Waals surface area contributed by atoms with Crippen LogP contribution in [0.2, 0.25) is 0 Å². The summed E-state index contributed by atoms with van der Waals surface area (Å²) in [6.45, 7) is 3.82. The van der Waals surface area contributed by atoms with E-state index in [0.29, 0.717) is 34.1 Å². The summed E-state index contributed by atoms with van der Waals surface area (Å²) in [4.78, 5) is 26.4. The molecule has 2 aromatic carbocycles. The molecule has 8 nitrogen and oxygen atoms in total. The van der Waals surface area contributed by atoms with Gasteiger partial charge < -0.3 is 10.6 Å². The third kappa shape index (κ3) is 5.88. The van der Waals surface area contributed by atoms with Gasteiger partial charge in [0.1, 0.15) is 11.6 Å². The number of carbonyl (C=O) groups is 1. The molecule has 1 amide bonds. The van der Waals surface area contributed by atoms with E-state index in [0.717, 1.165) is 10.5 Å². The Morgan fingerprint density at radius 3 is 2.72 bits per heavy atom. The average Bonchev–Trinajstić information content (AvgIpc) is 3.14. The fourth-order valence-corrected chi connectivity index (χ4v) is 3.83. The molecular weight excluding hydrogens is 429 g/mol. The first-order valence-electron chi connectivity index (χ1n) is 9.77. The maximum absolute atomic E-state index is 13.3. The summed E-state index contributed by atoms with van der Waals surface area (Å²) in [5.74, 6) is 0.690. The molecule has 4 rings (SSSR count). The Morgan fingerprint density at radius 2 is 1.91 bits per heavy atom. The first-order valence-corrected chi connectivity index (χ1v) is 10.6. The zero-order valence-corrected chi connectivity index (χ0v) is 18.2. The number of amides is 1. The number of aromatic amines is 1. The average molecular weight is 450 g/mol. The normalized spacial score (nSPS) is 10.7. The molecule has 0 bridgehead atoms. The monoisotopic (exact) mass is 449 g/mol. The largest absolute Gasteiger partial charge is 0.326 e. The lowest BCUT2D eigenvalue weighted by Gasteiger charge is -2.06. The highest BCUT2D eigenvalue weighted by Gasteiger charge is 2.11. The molecule has 32 heavy (non-hydrogen) atoms. The van der Waals surface area contributed by atoms with Crippen LogP contribution < -0.4 is 10.6 Å². The van der Waals surface area contributed by atoms with Crippen molar-refractivity contribution in [2.24, 2.45) is 0 Å². The van der Waals surface area contributed by atoms with Gasteiger partial charge in [-0.1, -0.05) is 23.8 Å². The van der Waals surface area contributed by atoms with Gasteiger partial charge in [-0.05, 0) is 55.9 Å².